The first-order valence-corrected chi connectivity index (χ1v) is 6.35. The Morgan fingerprint density at radius 2 is 1.88 bits per heavy atom. The first kappa shape index (κ1) is 14.3. The minimum Gasteiger partial charge on any atom is -0.370 e. The molecule has 1 rings (SSSR count). The molecule has 0 radical (unpaired) electrons. The van der Waals surface area contributed by atoms with E-state index in [9.17, 15) is 9.59 Å². The average molecular weight is 241 g/mol. The molecule has 0 aromatic carbocycles. The van der Waals surface area contributed by atoms with Crippen molar-refractivity contribution >= 4 is 11.6 Å². The zero-order valence-electron chi connectivity index (χ0n) is 11.1. The van der Waals surface area contributed by atoms with Gasteiger partial charge in [-0.25, -0.2) is 0 Å². The molecule has 0 atom stereocenters. The van der Waals surface area contributed by atoms with Gasteiger partial charge in [0.2, 0.25) is 0 Å². The molecule has 0 saturated carbocycles. The number of Topliss-reactive ketones (excluding diaryl/α,β-unsaturated/α-hetero) is 2. The fourth-order valence-corrected chi connectivity index (χ4v) is 1.87. The van der Waals surface area contributed by atoms with Crippen molar-refractivity contribution in [2.45, 2.75) is 39.7 Å². The quantitative estimate of drug-likeness (QED) is 0.703. The Bertz CT molecular complexity index is 268. The van der Waals surface area contributed by atoms with Crippen molar-refractivity contribution in [1.82, 2.24) is 4.90 Å². The molecule has 98 valence electrons. The van der Waals surface area contributed by atoms with Gasteiger partial charge in [-0.3, -0.25) is 14.5 Å². The van der Waals surface area contributed by atoms with Crippen LogP contribution in [-0.4, -0.2) is 48.8 Å². The van der Waals surface area contributed by atoms with Crippen LogP contribution in [-0.2, 0) is 14.3 Å². The Labute approximate surface area is 103 Å². The van der Waals surface area contributed by atoms with Crippen LogP contribution in [0.15, 0.2) is 0 Å². The lowest BCUT2D eigenvalue weighted by Crippen LogP contribution is -2.41. The van der Waals surface area contributed by atoms with Crippen LogP contribution in [0.1, 0.15) is 33.6 Å². The maximum Gasteiger partial charge on any atom is 0.155 e. The lowest BCUT2D eigenvalue weighted by molar-refractivity contribution is -0.125. The third kappa shape index (κ3) is 5.41. The van der Waals surface area contributed by atoms with Crippen molar-refractivity contribution < 1.29 is 14.3 Å². The number of hydrogen-bond donors (Lipinski definition) is 0. The SMILES string of the molecule is CC(=O)COC1CCN(CC(=O)C(C)C)CC1. The minimum atomic E-state index is 0.0717. The van der Waals surface area contributed by atoms with E-state index < -0.39 is 0 Å². The average Bonchev–Trinajstić information content (AvgIpc) is 2.28. The van der Waals surface area contributed by atoms with Gasteiger partial charge in [-0.15, -0.1) is 0 Å². The summed E-state index contributed by atoms with van der Waals surface area (Å²) in [4.78, 5) is 24.6. The van der Waals surface area contributed by atoms with Gasteiger partial charge in [-0.1, -0.05) is 13.8 Å². The Balaban J connectivity index is 2.21. The highest BCUT2D eigenvalue weighted by Gasteiger charge is 2.22. The first-order valence-electron chi connectivity index (χ1n) is 6.35. The normalized spacial score (nSPS) is 18.6. The molecule has 17 heavy (non-hydrogen) atoms. The number of hydrogen-bond acceptors (Lipinski definition) is 4. The highest BCUT2D eigenvalue weighted by atomic mass is 16.5. The van der Waals surface area contributed by atoms with Gasteiger partial charge in [0.25, 0.3) is 0 Å². The van der Waals surface area contributed by atoms with Crippen LogP contribution in [0.25, 0.3) is 0 Å². The van der Waals surface area contributed by atoms with Crippen LogP contribution < -0.4 is 0 Å². The predicted molar refractivity (Wildman–Crippen MR) is 65.9 cm³/mol. The molecule has 0 spiro atoms. The van der Waals surface area contributed by atoms with Crippen LogP contribution in [0.3, 0.4) is 0 Å². The second-order valence-corrected chi connectivity index (χ2v) is 5.11. The first-order chi connectivity index (χ1) is 7.99. The van der Waals surface area contributed by atoms with Crippen molar-refractivity contribution in [3.05, 3.63) is 0 Å². The summed E-state index contributed by atoms with van der Waals surface area (Å²) >= 11 is 0. The van der Waals surface area contributed by atoms with Crippen molar-refractivity contribution in [2.75, 3.05) is 26.2 Å². The number of piperidine rings is 1. The lowest BCUT2D eigenvalue weighted by atomic mass is 10.0. The molecular formula is C13H23NO3. The molecule has 4 nitrogen and oxygen atoms in total. The summed E-state index contributed by atoms with van der Waals surface area (Å²) in [5.74, 6) is 0.484. The van der Waals surface area contributed by atoms with E-state index in [1.807, 2.05) is 13.8 Å². The van der Waals surface area contributed by atoms with E-state index >= 15 is 0 Å². The zero-order valence-corrected chi connectivity index (χ0v) is 11.1. The van der Waals surface area contributed by atoms with Gasteiger partial charge in [0.1, 0.15) is 12.4 Å². The monoisotopic (exact) mass is 241 g/mol. The third-order valence-corrected chi connectivity index (χ3v) is 3.08. The Morgan fingerprint density at radius 3 is 2.35 bits per heavy atom. The van der Waals surface area contributed by atoms with E-state index in [1.165, 1.54) is 6.92 Å². The number of rotatable bonds is 6. The molecule has 0 unspecified atom stereocenters. The molecule has 0 aromatic rings. The van der Waals surface area contributed by atoms with Gasteiger partial charge in [-0.2, -0.15) is 0 Å². The van der Waals surface area contributed by atoms with E-state index in [0.29, 0.717) is 12.3 Å². The number of nitrogens with zero attached hydrogens (tertiary/aromatic N) is 1. The minimum absolute atomic E-state index is 0.0717. The topological polar surface area (TPSA) is 46.6 Å². The Hall–Kier alpha value is -0.740. The van der Waals surface area contributed by atoms with Gasteiger partial charge in [0, 0.05) is 19.0 Å². The Kier molecular flexibility index (Phi) is 5.78. The van der Waals surface area contributed by atoms with Crippen molar-refractivity contribution in [3.8, 4) is 0 Å². The van der Waals surface area contributed by atoms with Crippen LogP contribution in [0.4, 0.5) is 0 Å². The summed E-state index contributed by atoms with van der Waals surface area (Å²) in [7, 11) is 0. The number of carbonyl (C=O) groups is 2. The molecule has 0 bridgehead atoms. The number of carbonyl (C=O) groups excluding carboxylic acids is 2. The third-order valence-electron chi connectivity index (χ3n) is 3.08. The summed E-state index contributed by atoms with van der Waals surface area (Å²) in [5.41, 5.74) is 0. The largest absolute Gasteiger partial charge is 0.370 e. The zero-order chi connectivity index (χ0) is 12.8. The molecule has 1 heterocycles. The molecule has 4 heteroatoms. The van der Waals surface area contributed by atoms with Gasteiger partial charge in [-0.05, 0) is 19.8 Å². The lowest BCUT2D eigenvalue weighted by Gasteiger charge is -2.31. The molecule has 0 aliphatic carbocycles. The van der Waals surface area contributed by atoms with E-state index in [4.69, 9.17) is 4.74 Å². The van der Waals surface area contributed by atoms with Gasteiger partial charge >= 0.3 is 0 Å². The van der Waals surface area contributed by atoms with Gasteiger partial charge < -0.3 is 4.74 Å². The summed E-state index contributed by atoms with van der Waals surface area (Å²) in [6.07, 6.45) is 2.02. The van der Waals surface area contributed by atoms with E-state index in [1.54, 1.807) is 0 Å². The molecule has 0 N–H and O–H groups in total. The number of likely N-dealkylation sites (tertiary alicyclic amines) is 1. The maximum absolute atomic E-state index is 11.6. The predicted octanol–water partition coefficient (Wildman–Crippen LogP) is 1.28. The van der Waals surface area contributed by atoms with E-state index in [0.717, 1.165) is 25.9 Å². The van der Waals surface area contributed by atoms with Crippen LogP contribution in [0.5, 0.6) is 0 Å². The molecule has 1 aliphatic rings. The summed E-state index contributed by atoms with van der Waals surface area (Å²) in [5, 5.41) is 0. The summed E-state index contributed by atoms with van der Waals surface area (Å²) < 4.78 is 5.48. The summed E-state index contributed by atoms with van der Waals surface area (Å²) in [6.45, 7) is 7.96. The maximum atomic E-state index is 11.6. The molecule has 0 amide bonds. The fourth-order valence-electron chi connectivity index (χ4n) is 1.87. The molecule has 1 saturated heterocycles. The van der Waals surface area contributed by atoms with Crippen LogP contribution in [0.2, 0.25) is 0 Å². The highest BCUT2D eigenvalue weighted by molar-refractivity contribution is 5.82. The number of ether oxygens (including phenoxy) is 1. The standard InChI is InChI=1S/C13H23NO3/c1-10(2)13(16)8-14-6-4-12(5-7-14)17-9-11(3)15/h10,12H,4-9H2,1-3H3. The molecule has 1 aliphatic heterocycles. The second-order valence-electron chi connectivity index (χ2n) is 5.11. The van der Waals surface area contributed by atoms with E-state index in [-0.39, 0.29) is 24.4 Å². The fraction of sp³-hybridized carbons (Fsp3) is 0.846. The molecule has 0 aromatic heterocycles. The highest BCUT2D eigenvalue weighted by Crippen LogP contribution is 2.14. The van der Waals surface area contributed by atoms with Crippen molar-refractivity contribution in [3.63, 3.8) is 0 Å². The Morgan fingerprint density at radius 1 is 1.29 bits per heavy atom. The second kappa shape index (κ2) is 6.87. The van der Waals surface area contributed by atoms with Gasteiger partial charge in [0.05, 0.1) is 12.6 Å². The van der Waals surface area contributed by atoms with Gasteiger partial charge in [0.15, 0.2) is 5.78 Å². The number of ketones is 2. The van der Waals surface area contributed by atoms with Crippen LogP contribution in [0, 0.1) is 5.92 Å². The van der Waals surface area contributed by atoms with Crippen molar-refractivity contribution in [2.24, 2.45) is 5.92 Å². The van der Waals surface area contributed by atoms with Crippen LogP contribution >= 0.6 is 0 Å². The molecule has 1 fully saturated rings. The smallest absolute Gasteiger partial charge is 0.155 e. The van der Waals surface area contributed by atoms with E-state index in [2.05, 4.69) is 4.90 Å². The molecular weight excluding hydrogens is 218 g/mol. The summed E-state index contributed by atoms with van der Waals surface area (Å²) in [6, 6.07) is 0. The van der Waals surface area contributed by atoms with Crippen molar-refractivity contribution in [1.29, 1.82) is 0 Å².